The number of hydrogen-bond donors (Lipinski definition) is 2. The molecule has 132 valence electrons. The molecule has 0 radical (unpaired) electrons. The number of rotatable bonds is 7. The van der Waals surface area contributed by atoms with Crippen LogP contribution in [0.1, 0.15) is 16.8 Å². The third-order valence-corrected chi connectivity index (χ3v) is 4.42. The van der Waals surface area contributed by atoms with Crippen LogP contribution in [0.4, 0.5) is 11.6 Å². The van der Waals surface area contributed by atoms with Gasteiger partial charge in [-0.3, -0.25) is 10.1 Å². The normalized spacial score (nSPS) is 10.3. The summed E-state index contributed by atoms with van der Waals surface area (Å²) in [6.07, 6.45) is 3.37. The van der Waals surface area contributed by atoms with Gasteiger partial charge in [0.1, 0.15) is 22.7 Å². The molecule has 0 spiro atoms. The van der Waals surface area contributed by atoms with Crippen molar-refractivity contribution in [2.45, 2.75) is 18.9 Å². The highest BCUT2D eigenvalue weighted by atomic mass is 32.2. The third kappa shape index (κ3) is 4.52. The lowest BCUT2D eigenvalue weighted by atomic mass is 10.2. The number of ether oxygens (including phenoxy) is 1. The topological polar surface area (TPSA) is 99.5 Å². The Kier molecular flexibility index (Phi) is 5.71. The molecule has 0 unspecified atom stereocenters. The molecule has 0 saturated heterocycles. The Morgan fingerprint density at radius 3 is 2.88 bits per heavy atom. The maximum atomic E-state index is 9.44. The Labute approximate surface area is 155 Å². The van der Waals surface area contributed by atoms with Gasteiger partial charge in [0.2, 0.25) is 0 Å². The van der Waals surface area contributed by atoms with Crippen LogP contribution < -0.4 is 10.1 Å². The molecule has 8 heteroatoms. The highest BCUT2D eigenvalue weighted by molar-refractivity contribution is 7.99. The van der Waals surface area contributed by atoms with Gasteiger partial charge in [0.25, 0.3) is 0 Å². The number of pyridine rings is 2. The number of hydrogen-bond acceptors (Lipinski definition) is 7. The van der Waals surface area contributed by atoms with E-state index in [1.54, 1.807) is 12.4 Å². The second-order valence-corrected chi connectivity index (χ2v) is 6.65. The molecule has 0 aliphatic carbocycles. The van der Waals surface area contributed by atoms with E-state index < -0.39 is 0 Å². The highest BCUT2D eigenvalue weighted by Gasteiger charge is 2.11. The number of nitrogens with zero attached hydrogens (tertiary/aromatic N) is 4. The summed E-state index contributed by atoms with van der Waals surface area (Å²) in [5.41, 5.74) is 2.41. The summed E-state index contributed by atoms with van der Waals surface area (Å²) in [6.45, 7) is 4.33. The Morgan fingerprint density at radius 1 is 1.31 bits per heavy atom. The van der Waals surface area contributed by atoms with Crippen molar-refractivity contribution >= 4 is 23.4 Å². The van der Waals surface area contributed by atoms with Crippen molar-refractivity contribution in [3.05, 3.63) is 53.5 Å². The van der Waals surface area contributed by atoms with Crippen molar-refractivity contribution in [3.8, 4) is 11.8 Å². The molecule has 7 nitrogen and oxygen atoms in total. The van der Waals surface area contributed by atoms with Gasteiger partial charge < -0.3 is 10.1 Å². The summed E-state index contributed by atoms with van der Waals surface area (Å²) >= 11 is 1.49. The number of aromatic nitrogens is 4. The number of thioether (sulfide) groups is 1. The molecule has 0 bridgehead atoms. The highest BCUT2D eigenvalue weighted by Crippen LogP contribution is 2.26. The van der Waals surface area contributed by atoms with Crippen molar-refractivity contribution < 1.29 is 4.74 Å². The maximum absolute atomic E-state index is 9.44. The predicted octanol–water partition coefficient (Wildman–Crippen LogP) is 3.60. The summed E-state index contributed by atoms with van der Waals surface area (Å²) in [5, 5.41) is 20.3. The van der Waals surface area contributed by atoms with Crippen LogP contribution in [0.25, 0.3) is 0 Å². The summed E-state index contributed by atoms with van der Waals surface area (Å²) in [5.74, 6) is 2.74. The molecule has 3 heterocycles. The first-order chi connectivity index (χ1) is 12.7. The van der Waals surface area contributed by atoms with E-state index >= 15 is 0 Å². The second-order valence-electron chi connectivity index (χ2n) is 5.56. The van der Waals surface area contributed by atoms with Crippen LogP contribution in [-0.4, -0.2) is 32.5 Å². The van der Waals surface area contributed by atoms with Crippen LogP contribution in [-0.2, 0) is 0 Å². The van der Waals surface area contributed by atoms with Crippen LogP contribution >= 0.6 is 11.8 Å². The molecule has 0 saturated carbocycles. The Bertz CT molecular complexity index is 919. The number of nitriles is 1. The molecule has 3 aromatic heterocycles. The lowest BCUT2D eigenvalue weighted by Gasteiger charge is -2.10. The number of H-pyrrole nitrogens is 1. The van der Waals surface area contributed by atoms with Crippen molar-refractivity contribution in [3.63, 3.8) is 0 Å². The molecular formula is C18H18N6OS. The van der Waals surface area contributed by atoms with Gasteiger partial charge in [-0.1, -0.05) is 0 Å². The first-order valence-electron chi connectivity index (χ1n) is 8.02. The fourth-order valence-electron chi connectivity index (χ4n) is 2.29. The number of anilines is 2. The van der Waals surface area contributed by atoms with E-state index in [4.69, 9.17) is 4.74 Å². The van der Waals surface area contributed by atoms with E-state index in [-0.39, 0.29) is 0 Å². The Morgan fingerprint density at radius 2 is 2.19 bits per heavy atom. The monoisotopic (exact) mass is 366 g/mol. The smallest absolute Gasteiger partial charge is 0.153 e. The largest absolute Gasteiger partial charge is 0.491 e. The van der Waals surface area contributed by atoms with Gasteiger partial charge in [-0.15, -0.1) is 11.8 Å². The minimum atomic E-state index is 0.498. The summed E-state index contributed by atoms with van der Waals surface area (Å²) in [6, 6.07) is 9.66. The number of aryl methyl sites for hydroxylation is 2. The van der Waals surface area contributed by atoms with E-state index in [0.717, 1.165) is 17.0 Å². The molecule has 3 rings (SSSR count). The molecule has 0 aliphatic rings. The third-order valence-electron chi connectivity index (χ3n) is 3.48. The van der Waals surface area contributed by atoms with E-state index in [2.05, 4.69) is 31.6 Å². The van der Waals surface area contributed by atoms with E-state index in [1.807, 2.05) is 38.1 Å². The standard InChI is InChI=1S/C18H18N6OS/c1-12-8-16(21-17-9-13(2)23-24-17)22-18(15(12)10-19)26-7-6-25-14-4-3-5-20-11-14/h3-5,8-9,11H,6-7H2,1-2H3,(H2,21,22,23,24). The van der Waals surface area contributed by atoms with Crippen LogP contribution in [0.2, 0.25) is 0 Å². The molecule has 2 N–H and O–H groups in total. The molecule has 3 aromatic rings. The lowest BCUT2D eigenvalue weighted by Crippen LogP contribution is -2.03. The van der Waals surface area contributed by atoms with Crippen LogP contribution in [0.3, 0.4) is 0 Å². The Hall–Kier alpha value is -3.05. The van der Waals surface area contributed by atoms with Gasteiger partial charge >= 0.3 is 0 Å². The quantitative estimate of drug-likeness (QED) is 0.487. The molecule has 0 atom stereocenters. The van der Waals surface area contributed by atoms with Gasteiger partial charge in [0, 0.05) is 23.7 Å². The van der Waals surface area contributed by atoms with Crippen LogP contribution in [0.5, 0.6) is 5.75 Å². The molecule has 26 heavy (non-hydrogen) atoms. The fourth-order valence-corrected chi connectivity index (χ4v) is 3.17. The molecule has 0 aliphatic heterocycles. The van der Waals surface area contributed by atoms with Crippen molar-refractivity contribution in [1.29, 1.82) is 5.26 Å². The van der Waals surface area contributed by atoms with Crippen molar-refractivity contribution in [2.24, 2.45) is 0 Å². The first kappa shape index (κ1) is 17.8. The van der Waals surface area contributed by atoms with Gasteiger partial charge in [0.15, 0.2) is 5.82 Å². The van der Waals surface area contributed by atoms with Crippen molar-refractivity contribution in [2.75, 3.05) is 17.7 Å². The minimum Gasteiger partial charge on any atom is -0.491 e. The average Bonchev–Trinajstić information content (AvgIpc) is 3.04. The van der Waals surface area contributed by atoms with Gasteiger partial charge in [0.05, 0.1) is 18.4 Å². The molecule has 0 amide bonds. The van der Waals surface area contributed by atoms with Gasteiger partial charge in [-0.25, -0.2) is 4.98 Å². The predicted molar refractivity (Wildman–Crippen MR) is 101 cm³/mol. The second kappa shape index (κ2) is 8.36. The fraction of sp³-hybridized carbons (Fsp3) is 0.222. The molecular weight excluding hydrogens is 348 g/mol. The van der Waals surface area contributed by atoms with Gasteiger partial charge in [-0.05, 0) is 37.6 Å². The lowest BCUT2D eigenvalue weighted by molar-refractivity contribution is 0.342. The zero-order chi connectivity index (χ0) is 18.4. The van der Waals surface area contributed by atoms with E-state index in [9.17, 15) is 5.26 Å². The van der Waals surface area contributed by atoms with Crippen LogP contribution in [0, 0.1) is 25.2 Å². The molecule has 0 fully saturated rings. The number of aromatic amines is 1. The maximum Gasteiger partial charge on any atom is 0.153 e. The van der Waals surface area contributed by atoms with E-state index in [1.165, 1.54) is 11.8 Å². The van der Waals surface area contributed by atoms with Crippen LogP contribution in [0.15, 0.2) is 41.7 Å². The minimum absolute atomic E-state index is 0.498. The van der Waals surface area contributed by atoms with E-state index in [0.29, 0.717) is 34.6 Å². The first-order valence-corrected chi connectivity index (χ1v) is 9.00. The summed E-state index contributed by atoms with van der Waals surface area (Å²) < 4.78 is 5.64. The molecule has 0 aromatic carbocycles. The number of nitrogens with one attached hydrogen (secondary N) is 2. The zero-order valence-electron chi connectivity index (χ0n) is 14.5. The zero-order valence-corrected chi connectivity index (χ0v) is 15.3. The summed E-state index contributed by atoms with van der Waals surface area (Å²) in [4.78, 5) is 8.57. The average molecular weight is 366 g/mol. The van der Waals surface area contributed by atoms with Gasteiger partial charge in [-0.2, -0.15) is 10.4 Å². The Balaban J connectivity index is 1.67. The summed E-state index contributed by atoms with van der Waals surface area (Å²) in [7, 11) is 0. The SMILES string of the molecule is Cc1cc(Nc2cc(C)c(C#N)c(SCCOc3cccnc3)n2)n[nH]1. The van der Waals surface area contributed by atoms with Crippen molar-refractivity contribution in [1.82, 2.24) is 20.2 Å².